The second-order valence-corrected chi connectivity index (χ2v) is 6.83. The lowest BCUT2D eigenvalue weighted by atomic mass is 10.3. The van der Waals surface area contributed by atoms with Crippen LogP contribution in [0.15, 0.2) is 0 Å². The molecule has 0 aliphatic rings. The molecule has 142 valence electrons. The molecule has 0 aliphatic heterocycles. The highest BCUT2D eigenvalue weighted by molar-refractivity contribution is 7.54. The van der Waals surface area contributed by atoms with E-state index in [-0.39, 0.29) is 37.6 Å². The molecule has 12 heteroatoms. The van der Waals surface area contributed by atoms with Gasteiger partial charge in [-0.2, -0.15) is 0 Å². The summed E-state index contributed by atoms with van der Waals surface area (Å²) in [6.45, 7) is 3.34. The van der Waals surface area contributed by atoms with Gasteiger partial charge >= 0.3 is 19.5 Å². The molecule has 1 N–H and O–H groups in total. The van der Waals surface area contributed by atoms with Gasteiger partial charge in [0.1, 0.15) is 0 Å². The van der Waals surface area contributed by atoms with E-state index >= 15 is 0 Å². The smallest absolute Gasteiger partial charge is 0.361 e. The molecule has 1 aromatic rings. The van der Waals surface area contributed by atoms with Gasteiger partial charge in [-0.15, -0.1) is 5.10 Å². The number of aryl methyl sites for hydroxylation is 1. The number of aliphatic hydroxyl groups excluding tert-OH is 1. The molecule has 1 unspecified atom stereocenters. The van der Waals surface area contributed by atoms with Gasteiger partial charge in [0.05, 0.1) is 27.4 Å². The molecular weight excluding hydrogens is 357 g/mol. The lowest BCUT2D eigenvalue weighted by Gasteiger charge is -2.22. The Labute approximate surface area is 144 Å². The number of esters is 2. The minimum Gasteiger partial charge on any atom is -0.464 e. The quantitative estimate of drug-likeness (QED) is 0.459. The van der Waals surface area contributed by atoms with Gasteiger partial charge in [-0.25, -0.2) is 14.3 Å². The molecule has 0 bridgehead atoms. The Bertz CT molecular complexity index is 637. The van der Waals surface area contributed by atoms with E-state index in [1.54, 1.807) is 13.8 Å². The van der Waals surface area contributed by atoms with Gasteiger partial charge < -0.3 is 23.6 Å². The molecule has 1 aromatic heterocycles. The minimum absolute atomic E-state index is 0.0836. The van der Waals surface area contributed by atoms with Crippen LogP contribution in [0.2, 0.25) is 0 Å². The summed E-state index contributed by atoms with van der Waals surface area (Å²) in [7, 11) is -1.46. The van der Waals surface area contributed by atoms with Crippen LogP contribution in [0.3, 0.4) is 0 Å². The predicted molar refractivity (Wildman–Crippen MR) is 84.2 cm³/mol. The van der Waals surface area contributed by atoms with Crippen molar-refractivity contribution in [2.45, 2.75) is 32.7 Å². The van der Waals surface area contributed by atoms with Gasteiger partial charge in [0.2, 0.25) is 5.69 Å². The molecule has 1 rings (SSSR count). The molecule has 0 saturated heterocycles. The van der Waals surface area contributed by atoms with Crippen LogP contribution in [-0.4, -0.2) is 65.3 Å². The van der Waals surface area contributed by atoms with Crippen molar-refractivity contribution in [1.82, 2.24) is 15.0 Å². The van der Waals surface area contributed by atoms with E-state index in [2.05, 4.69) is 19.8 Å². The van der Waals surface area contributed by atoms with Gasteiger partial charge in [0, 0.05) is 13.0 Å². The number of aromatic nitrogens is 3. The van der Waals surface area contributed by atoms with Gasteiger partial charge in [0.15, 0.2) is 11.5 Å². The number of nitrogens with zero attached hydrogens (tertiary/aromatic N) is 3. The predicted octanol–water partition coefficient (Wildman–Crippen LogP) is 0.826. The van der Waals surface area contributed by atoms with Crippen LogP contribution in [0.4, 0.5) is 0 Å². The van der Waals surface area contributed by atoms with Crippen LogP contribution in [0.1, 0.15) is 41.2 Å². The molecule has 11 nitrogen and oxygen atoms in total. The molecule has 0 saturated carbocycles. The molecule has 0 amide bonds. The maximum Gasteiger partial charge on any atom is 0.361 e. The zero-order valence-electron chi connectivity index (χ0n) is 14.5. The highest BCUT2D eigenvalue weighted by Gasteiger charge is 2.35. The molecule has 0 radical (unpaired) electrons. The third kappa shape index (κ3) is 5.08. The summed E-state index contributed by atoms with van der Waals surface area (Å²) in [6.07, 6.45) is -0.120. The third-order valence-electron chi connectivity index (χ3n) is 3.07. The Morgan fingerprint density at radius 2 is 1.72 bits per heavy atom. The van der Waals surface area contributed by atoms with Crippen LogP contribution in [0.25, 0.3) is 0 Å². The van der Waals surface area contributed by atoms with Crippen molar-refractivity contribution in [3.63, 3.8) is 0 Å². The van der Waals surface area contributed by atoms with E-state index in [9.17, 15) is 19.3 Å². The van der Waals surface area contributed by atoms with Crippen molar-refractivity contribution >= 4 is 19.5 Å². The van der Waals surface area contributed by atoms with Crippen LogP contribution in [0.5, 0.6) is 0 Å². The lowest BCUT2D eigenvalue weighted by molar-refractivity contribution is 0.0542. The lowest BCUT2D eigenvalue weighted by Crippen LogP contribution is -2.20. The fourth-order valence-corrected chi connectivity index (χ4v) is 3.54. The Morgan fingerprint density at radius 1 is 1.16 bits per heavy atom. The molecule has 0 spiro atoms. The van der Waals surface area contributed by atoms with Gasteiger partial charge in [-0.3, -0.25) is 4.57 Å². The first-order valence-corrected chi connectivity index (χ1v) is 9.12. The highest BCUT2D eigenvalue weighted by atomic mass is 31.2. The zero-order chi connectivity index (χ0) is 19.0. The first kappa shape index (κ1) is 21.2. The van der Waals surface area contributed by atoms with Crippen molar-refractivity contribution < 1.29 is 37.8 Å². The Hall–Kier alpha value is -1.81. The maximum atomic E-state index is 12.5. The number of carbonyl (C=O) groups is 2. The molecule has 0 aromatic carbocycles. The molecule has 1 heterocycles. The zero-order valence-corrected chi connectivity index (χ0v) is 15.4. The maximum absolute atomic E-state index is 12.5. The number of methoxy groups -OCH3 is 2. The van der Waals surface area contributed by atoms with Crippen molar-refractivity contribution in [3.8, 4) is 0 Å². The Morgan fingerprint density at radius 3 is 2.20 bits per heavy atom. The summed E-state index contributed by atoms with van der Waals surface area (Å²) in [6, 6.07) is 0. The standard InChI is InChI=1S/C13H22N3O8P/c1-5-23-25(20,24-6-2)9(17)7-8-16-11(13(19)22-4)10(14-15-16)12(18)21-3/h9,17H,5-8H2,1-4H3. The van der Waals surface area contributed by atoms with E-state index in [1.165, 1.54) is 0 Å². The topological polar surface area (TPSA) is 139 Å². The largest absolute Gasteiger partial charge is 0.464 e. The Balaban J connectivity index is 2.99. The molecule has 0 fully saturated rings. The molecule has 25 heavy (non-hydrogen) atoms. The van der Waals surface area contributed by atoms with Crippen molar-refractivity contribution in [2.75, 3.05) is 27.4 Å². The first-order chi connectivity index (χ1) is 11.8. The fourth-order valence-electron chi connectivity index (χ4n) is 1.97. The summed E-state index contributed by atoms with van der Waals surface area (Å²) < 4.78 is 32.8. The van der Waals surface area contributed by atoms with Gasteiger partial charge in [-0.05, 0) is 13.8 Å². The number of carbonyl (C=O) groups excluding carboxylic acids is 2. The fraction of sp³-hybridized carbons (Fsp3) is 0.692. The van der Waals surface area contributed by atoms with Crippen molar-refractivity contribution in [2.24, 2.45) is 0 Å². The van der Waals surface area contributed by atoms with E-state index in [0.717, 1.165) is 18.9 Å². The SMILES string of the molecule is CCOP(=O)(OCC)C(O)CCn1nnc(C(=O)OC)c1C(=O)OC. The van der Waals surface area contributed by atoms with E-state index in [0.29, 0.717) is 0 Å². The monoisotopic (exact) mass is 379 g/mol. The van der Waals surface area contributed by atoms with E-state index in [1.807, 2.05) is 0 Å². The van der Waals surface area contributed by atoms with Crippen LogP contribution in [-0.2, 0) is 29.6 Å². The molecule has 1 atom stereocenters. The van der Waals surface area contributed by atoms with Crippen LogP contribution < -0.4 is 0 Å². The number of hydrogen-bond donors (Lipinski definition) is 1. The summed E-state index contributed by atoms with van der Waals surface area (Å²) in [5.41, 5.74) is -0.550. The summed E-state index contributed by atoms with van der Waals surface area (Å²) in [5.74, 6) is -3.15. The van der Waals surface area contributed by atoms with Gasteiger partial charge in [-0.1, -0.05) is 5.21 Å². The van der Waals surface area contributed by atoms with Crippen molar-refractivity contribution in [1.29, 1.82) is 0 Å². The average molecular weight is 379 g/mol. The second-order valence-electron chi connectivity index (χ2n) is 4.64. The summed E-state index contributed by atoms with van der Waals surface area (Å²) in [4.78, 5) is 23.5. The summed E-state index contributed by atoms with van der Waals surface area (Å²) >= 11 is 0. The Kier molecular flexibility index (Phi) is 8.17. The summed E-state index contributed by atoms with van der Waals surface area (Å²) in [5, 5.41) is 17.4. The molecule has 0 aliphatic carbocycles. The van der Waals surface area contributed by atoms with Crippen LogP contribution in [0, 0.1) is 0 Å². The number of hydrogen-bond acceptors (Lipinski definition) is 10. The number of ether oxygens (including phenoxy) is 2. The normalized spacial score (nSPS) is 12.7. The first-order valence-electron chi connectivity index (χ1n) is 7.51. The highest BCUT2D eigenvalue weighted by Crippen LogP contribution is 2.53. The van der Waals surface area contributed by atoms with Crippen molar-refractivity contribution in [3.05, 3.63) is 11.4 Å². The average Bonchev–Trinajstić information content (AvgIpc) is 3.02. The van der Waals surface area contributed by atoms with E-state index < -0.39 is 25.4 Å². The van der Waals surface area contributed by atoms with Gasteiger partial charge in [0.25, 0.3) is 0 Å². The minimum atomic E-state index is -3.72. The third-order valence-corrected chi connectivity index (χ3v) is 5.30. The number of rotatable bonds is 10. The molecular formula is C13H22N3O8P. The van der Waals surface area contributed by atoms with E-state index in [4.69, 9.17) is 9.05 Å². The van der Waals surface area contributed by atoms with Crippen LogP contribution >= 0.6 is 7.60 Å². The number of aliphatic hydroxyl groups is 1. The second kappa shape index (κ2) is 9.62.